The third-order valence-electron chi connectivity index (χ3n) is 3.19. The molecule has 1 aliphatic carbocycles. The Labute approximate surface area is 86.9 Å². The van der Waals surface area contributed by atoms with Crippen LogP contribution in [-0.4, -0.2) is 5.78 Å². The van der Waals surface area contributed by atoms with Gasteiger partial charge in [-0.1, -0.05) is 31.6 Å². The fourth-order valence-corrected chi connectivity index (χ4v) is 2.12. The molecular formula is C13H20O. The second-order valence-electron chi connectivity index (χ2n) is 4.57. The standard InChI is InChI=1S/C13H20O/c1-9-7-10(2)12(4)13(8-9)6-5-11(3)14/h5-7,10,12-13H,8H2,1-4H3/b6-5+. The first-order valence-corrected chi connectivity index (χ1v) is 5.36. The van der Waals surface area contributed by atoms with Crippen LogP contribution in [0.2, 0.25) is 0 Å². The Morgan fingerprint density at radius 3 is 2.71 bits per heavy atom. The van der Waals surface area contributed by atoms with Crippen molar-refractivity contribution in [3.8, 4) is 0 Å². The van der Waals surface area contributed by atoms with E-state index in [4.69, 9.17) is 0 Å². The molecule has 1 heteroatoms. The Morgan fingerprint density at radius 1 is 1.50 bits per heavy atom. The molecule has 0 aromatic carbocycles. The van der Waals surface area contributed by atoms with Crippen molar-refractivity contribution in [2.24, 2.45) is 17.8 Å². The zero-order valence-electron chi connectivity index (χ0n) is 9.58. The maximum atomic E-state index is 10.9. The highest BCUT2D eigenvalue weighted by molar-refractivity contribution is 5.87. The summed E-state index contributed by atoms with van der Waals surface area (Å²) in [5.41, 5.74) is 1.45. The summed E-state index contributed by atoms with van der Waals surface area (Å²) < 4.78 is 0. The number of carbonyl (C=O) groups excluding carboxylic acids is 1. The predicted molar refractivity (Wildman–Crippen MR) is 60.0 cm³/mol. The van der Waals surface area contributed by atoms with Crippen LogP contribution in [0.4, 0.5) is 0 Å². The van der Waals surface area contributed by atoms with Crippen molar-refractivity contribution in [2.75, 3.05) is 0 Å². The van der Waals surface area contributed by atoms with E-state index >= 15 is 0 Å². The first kappa shape index (κ1) is 11.2. The highest BCUT2D eigenvalue weighted by atomic mass is 16.1. The Kier molecular flexibility index (Phi) is 3.68. The van der Waals surface area contributed by atoms with E-state index in [9.17, 15) is 4.79 Å². The normalized spacial score (nSPS) is 33.1. The van der Waals surface area contributed by atoms with Crippen LogP contribution in [0.5, 0.6) is 0 Å². The average molecular weight is 192 g/mol. The van der Waals surface area contributed by atoms with Crippen molar-refractivity contribution < 1.29 is 4.79 Å². The summed E-state index contributed by atoms with van der Waals surface area (Å²) in [6, 6.07) is 0. The Balaban J connectivity index is 2.71. The lowest BCUT2D eigenvalue weighted by Crippen LogP contribution is -2.21. The van der Waals surface area contributed by atoms with E-state index in [-0.39, 0.29) is 5.78 Å². The fraction of sp³-hybridized carbons (Fsp3) is 0.615. The molecule has 78 valence electrons. The first-order chi connectivity index (χ1) is 6.50. The van der Waals surface area contributed by atoms with Crippen molar-refractivity contribution in [1.82, 2.24) is 0 Å². The highest BCUT2D eigenvalue weighted by Crippen LogP contribution is 2.34. The first-order valence-electron chi connectivity index (χ1n) is 5.36. The van der Waals surface area contributed by atoms with Crippen molar-refractivity contribution >= 4 is 5.78 Å². The maximum Gasteiger partial charge on any atom is 0.152 e. The summed E-state index contributed by atoms with van der Waals surface area (Å²) in [5, 5.41) is 0. The van der Waals surface area contributed by atoms with E-state index in [0.717, 1.165) is 6.42 Å². The molecule has 1 rings (SSSR count). The van der Waals surface area contributed by atoms with Crippen LogP contribution in [0, 0.1) is 17.8 Å². The van der Waals surface area contributed by atoms with Crippen LogP contribution in [0.15, 0.2) is 23.8 Å². The van der Waals surface area contributed by atoms with Crippen LogP contribution >= 0.6 is 0 Å². The molecule has 1 nitrogen and oxygen atoms in total. The lowest BCUT2D eigenvalue weighted by atomic mass is 9.75. The SMILES string of the molecule is CC(=O)/C=C/C1CC(C)=CC(C)C1C. The van der Waals surface area contributed by atoms with Gasteiger partial charge in [-0.05, 0) is 44.1 Å². The molecule has 14 heavy (non-hydrogen) atoms. The molecule has 0 bridgehead atoms. The van der Waals surface area contributed by atoms with Gasteiger partial charge < -0.3 is 0 Å². The molecular weight excluding hydrogens is 172 g/mol. The van der Waals surface area contributed by atoms with Crippen LogP contribution in [0.25, 0.3) is 0 Å². The Hall–Kier alpha value is -0.850. The smallest absolute Gasteiger partial charge is 0.152 e. The fourth-order valence-electron chi connectivity index (χ4n) is 2.12. The second-order valence-corrected chi connectivity index (χ2v) is 4.57. The number of allylic oxidation sites excluding steroid dienone is 4. The molecule has 0 spiro atoms. The van der Waals surface area contributed by atoms with Gasteiger partial charge in [-0.25, -0.2) is 0 Å². The Bertz CT molecular complexity index is 273. The van der Waals surface area contributed by atoms with Gasteiger partial charge in [0.2, 0.25) is 0 Å². The number of ketones is 1. The molecule has 0 saturated carbocycles. The summed E-state index contributed by atoms with van der Waals surface area (Å²) >= 11 is 0. The van der Waals surface area contributed by atoms with Gasteiger partial charge in [0.15, 0.2) is 5.78 Å². The van der Waals surface area contributed by atoms with Gasteiger partial charge in [-0.15, -0.1) is 0 Å². The molecule has 0 radical (unpaired) electrons. The average Bonchev–Trinajstić information content (AvgIpc) is 2.08. The van der Waals surface area contributed by atoms with E-state index in [0.29, 0.717) is 17.8 Å². The summed E-state index contributed by atoms with van der Waals surface area (Å²) in [7, 11) is 0. The minimum atomic E-state index is 0.150. The van der Waals surface area contributed by atoms with Gasteiger partial charge >= 0.3 is 0 Å². The minimum Gasteiger partial charge on any atom is -0.295 e. The van der Waals surface area contributed by atoms with Crippen molar-refractivity contribution in [2.45, 2.75) is 34.1 Å². The molecule has 0 aromatic rings. The quantitative estimate of drug-likeness (QED) is 0.484. The number of hydrogen-bond acceptors (Lipinski definition) is 1. The van der Waals surface area contributed by atoms with Crippen LogP contribution in [0.1, 0.15) is 34.1 Å². The van der Waals surface area contributed by atoms with Crippen LogP contribution < -0.4 is 0 Å². The molecule has 0 amide bonds. The van der Waals surface area contributed by atoms with Crippen molar-refractivity contribution in [3.63, 3.8) is 0 Å². The maximum absolute atomic E-state index is 10.9. The second kappa shape index (κ2) is 4.59. The lowest BCUT2D eigenvalue weighted by molar-refractivity contribution is -0.112. The van der Waals surface area contributed by atoms with E-state index in [2.05, 4.69) is 32.9 Å². The zero-order chi connectivity index (χ0) is 10.7. The summed E-state index contributed by atoms with van der Waals surface area (Å²) in [6.45, 7) is 8.30. The molecule has 3 unspecified atom stereocenters. The molecule has 0 aliphatic heterocycles. The largest absolute Gasteiger partial charge is 0.295 e. The lowest BCUT2D eigenvalue weighted by Gasteiger charge is -2.30. The van der Waals surface area contributed by atoms with Crippen molar-refractivity contribution in [3.05, 3.63) is 23.8 Å². The van der Waals surface area contributed by atoms with Gasteiger partial charge in [0.25, 0.3) is 0 Å². The van der Waals surface area contributed by atoms with E-state index in [1.54, 1.807) is 13.0 Å². The number of rotatable bonds is 2. The zero-order valence-corrected chi connectivity index (χ0v) is 9.58. The molecule has 0 aromatic heterocycles. The van der Waals surface area contributed by atoms with Crippen molar-refractivity contribution in [1.29, 1.82) is 0 Å². The molecule has 0 heterocycles. The van der Waals surface area contributed by atoms with Gasteiger partial charge in [0, 0.05) is 0 Å². The van der Waals surface area contributed by atoms with Gasteiger partial charge in [-0.2, -0.15) is 0 Å². The molecule has 0 fully saturated rings. The Morgan fingerprint density at radius 2 is 2.14 bits per heavy atom. The predicted octanol–water partition coefficient (Wildman–Crippen LogP) is 3.37. The van der Waals surface area contributed by atoms with Crippen LogP contribution in [-0.2, 0) is 4.79 Å². The molecule has 0 N–H and O–H groups in total. The summed E-state index contributed by atoms with van der Waals surface area (Å²) in [5.74, 6) is 1.97. The minimum absolute atomic E-state index is 0.150. The number of carbonyl (C=O) groups is 1. The van der Waals surface area contributed by atoms with E-state index in [1.807, 2.05) is 0 Å². The van der Waals surface area contributed by atoms with Gasteiger partial charge in [0.1, 0.15) is 0 Å². The third kappa shape index (κ3) is 2.83. The molecule has 3 atom stereocenters. The topological polar surface area (TPSA) is 17.1 Å². The van der Waals surface area contributed by atoms with Gasteiger partial charge in [0.05, 0.1) is 0 Å². The molecule has 1 aliphatic rings. The van der Waals surface area contributed by atoms with Crippen LogP contribution in [0.3, 0.4) is 0 Å². The number of hydrogen-bond donors (Lipinski definition) is 0. The van der Waals surface area contributed by atoms with E-state index in [1.165, 1.54) is 5.57 Å². The highest BCUT2D eigenvalue weighted by Gasteiger charge is 2.23. The summed E-state index contributed by atoms with van der Waals surface area (Å²) in [4.78, 5) is 10.9. The van der Waals surface area contributed by atoms with Gasteiger partial charge in [-0.3, -0.25) is 4.79 Å². The molecule has 0 saturated heterocycles. The third-order valence-corrected chi connectivity index (χ3v) is 3.19. The van der Waals surface area contributed by atoms with E-state index < -0.39 is 0 Å². The summed E-state index contributed by atoms with van der Waals surface area (Å²) in [6.07, 6.45) is 7.25. The monoisotopic (exact) mass is 192 g/mol.